The fraction of sp³-hybridized carbons (Fsp3) is 0.429. The van der Waals surface area contributed by atoms with Gasteiger partial charge in [0.05, 0.1) is 0 Å². The molecule has 1 heterocycles. The van der Waals surface area contributed by atoms with Crippen molar-refractivity contribution in [2.45, 2.75) is 30.7 Å². The average molecular weight is 278 g/mol. The minimum Gasteiger partial charge on any atom is -0.357 e. The first kappa shape index (κ1) is 13.9. The summed E-state index contributed by atoms with van der Waals surface area (Å²) in [5.74, 6) is -0.176. The van der Waals surface area contributed by atoms with E-state index in [-0.39, 0.29) is 17.9 Å². The smallest absolute Gasteiger partial charge is 0.254 e. The largest absolute Gasteiger partial charge is 0.357 e. The first-order chi connectivity index (χ1) is 9.04. The molecule has 1 aliphatic rings. The highest BCUT2D eigenvalue weighted by Gasteiger charge is 2.34. The summed E-state index contributed by atoms with van der Waals surface area (Å²) >= 11 is 4.27. The van der Waals surface area contributed by atoms with Crippen LogP contribution >= 0.6 is 12.6 Å². The normalized spacial score (nSPS) is 18.5. The minimum absolute atomic E-state index is 0.0838. The molecule has 19 heavy (non-hydrogen) atoms. The zero-order valence-electron chi connectivity index (χ0n) is 11.1. The molecule has 1 atom stereocenters. The minimum atomic E-state index is -0.347. The van der Waals surface area contributed by atoms with E-state index in [4.69, 9.17) is 0 Å². The summed E-state index contributed by atoms with van der Waals surface area (Å²) in [6.45, 7) is 2.53. The number of rotatable bonds is 2. The van der Waals surface area contributed by atoms with Crippen molar-refractivity contribution in [2.24, 2.45) is 0 Å². The van der Waals surface area contributed by atoms with E-state index in [0.717, 1.165) is 23.3 Å². The molecular formula is C14H18N2O2S. The highest BCUT2D eigenvalue weighted by atomic mass is 32.1. The zero-order valence-corrected chi connectivity index (χ0v) is 12.0. The average Bonchev–Trinajstić information content (AvgIpc) is 2.89. The van der Waals surface area contributed by atoms with Crippen LogP contribution in [-0.2, 0) is 4.79 Å². The highest BCUT2D eigenvalue weighted by Crippen LogP contribution is 2.23. The molecule has 5 heteroatoms. The van der Waals surface area contributed by atoms with Gasteiger partial charge in [0.15, 0.2) is 0 Å². The molecule has 4 nitrogen and oxygen atoms in total. The maximum Gasteiger partial charge on any atom is 0.254 e. The summed E-state index contributed by atoms with van der Waals surface area (Å²) in [5.41, 5.74) is 1.54. The van der Waals surface area contributed by atoms with E-state index in [2.05, 4.69) is 17.9 Å². The molecule has 0 saturated carbocycles. The number of likely N-dealkylation sites (N-methyl/N-ethyl adjacent to an activating group) is 1. The van der Waals surface area contributed by atoms with Crippen molar-refractivity contribution in [3.63, 3.8) is 0 Å². The van der Waals surface area contributed by atoms with Gasteiger partial charge in [-0.3, -0.25) is 9.59 Å². The first-order valence-electron chi connectivity index (χ1n) is 6.36. The number of hydrogen-bond acceptors (Lipinski definition) is 3. The molecule has 2 amide bonds. The third kappa shape index (κ3) is 2.76. The fourth-order valence-corrected chi connectivity index (χ4v) is 2.65. The molecule has 0 aliphatic carbocycles. The second kappa shape index (κ2) is 5.65. The monoisotopic (exact) mass is 278 g/mol. The van der Waals surface area contributed by atoms with Crippen molar-refractivity contribution in [3.05, 3.63) is 29.3 Å². The Kier molecular flexibility index (Phi) is 4.14. The van der Waals surface area contributed by atoms with Crippen LogP contribution in [0.2, 0.25) is 0 Å². The molecule has 2 rings (SSSR count). The Hall–Kier alpha value is -1.49. The topological polar surface area (TPSA) is 49.4 Å². The van der Waals surface area contributed by atoms with E-state index in [1.165, 1.54) is 0 Å². The molecule has 1 aromatic rings. The maximum atomic E-state index is 12.6. The van der Waals surface area contributed by atoms with Crippen molar-refractivity contribution < 1.29 is 9.59 Å². The second-order valence-electron chi connectivity index (χ2n) is 4.77. The standard InChI is InChI=1S/C14H18N2O2S/c1-9-5-6-10(19)8-11(9)14(18)16-7-3-4-12(16)13(17)15-2/h5-6,8,12,19H,3-4,7H2,1-2H3,(H,15,17). The van der Waals surface area contributed by atoms with Crippen LogP contribution in [-0.4, -0.2) is 36.3 Å². The quantitative estimate of drug-likeness (QED) is 0.808. The molecule has 0 spiro atoms. The van der Waals surface area contributed by atoms with Crippen LogP contribution in [0.5, 0.6) is 0 Å². The summed E-state index contributed by atoms with van der Waals surface area (Å²) in [6, 6.07) is 5.15. The highest BCUT2D eigenvalue weighted by molar-refractivity contribution is 7.80. The molecule has 0 aromatic heterocycles. The van der Waals surface area contributed by atoms with Crippen LogP contribution in [0.3, 0.4) is 0 Å². The number of aryl methyl sites for hydroxylation is 1. The van der Waals surface area contributed by atoms with Crippen molar-refractivity contribution in [1.82, 2.24) is 10.2 Å². The van der Waals surface area contributed by atoms with E-state index in [1.807, 2.05) is 19.1 Å². The van der Waals surface area contributed by atoms with Gasteiger partial charge in [-0.2, -0.15) is 0 Å². The van der Waals surface area contributed by atoms with Crippen molar-refractivity contribution >= 4 is 24.4 Å². The molecule has 0 bridgehead atoms. The molecule has 102 valence electrons. The third-order valence-electron chi connectivity index (χ3n) is 3.51. The number of thiol groups is 1. The molecule has 1 saturated heterocycles. The summed E-state index contributed by atoms with van der Waals surface area (Å²) in [4.78, 5) is 26.8. The van der Waals surface area contributed by atoms with Crippen molar-refractivity contribution in [1.29, 1.82) is 0 Å². The molecule has 1 unspecified atom stereocenters. The summed E-state index contributed by atoms with van der Waals surface area (Å²) in [6.07, 6.45) is 1.59. The van der Waals surface area contributed by atoms with Crippen LogP contribution < -0.4 is 5.32 Å². The van der Waals surface area contributed by atoms with Gasteiger partial charge in [0.1, 0.15) is 6.04 Å². The van der Waals surface area contributed by atoms with Gasteiger partial charge in [-0.25, -0.2) is 0 Å². The Balaban J connectivity index is 2.28. The van der Waals surface area contributed by atoms with E-state index in [1.54, 1.807) is 18.0 Å². The number of amides is 2. The first-order valence-corrected chi connectivity index (χ1v) is 6.81. The number of likely N-dealkylation sites (tertiary alicyclic amines) is 1. The lowest BCUT2D eigenvalue weighted by atomic mass is 10.1. The lowest BCUT2D eigenvalue weighted by Gasteiger charge is -2.24. The van der Waals surface area contributed by atoms with Gasteiger partial charge in [0, 0.05) is 24.1 Å². The second-order valence-corrected chi connectivity index (χ2v) is 5.29. The predicted octanol–water partition coefficient (Wildman–Crippen LogP) is 1.63. The van der Waals surface area contributed by atoms with Gasteiger partial charge in [-0.15, -0.1) is 12.6 Å². The molecular weight excluding hydrogens is 260 g/mol. The number of benzene rings is 1. The Morgan fingerprint density at radius 1 is 1.42 bits per heavy atom. The number of nitrogens with zero attached hydrogens (tertiary/aromatic N) is 1. The Labute approximate surface area is 118 Å². The van der Waals surface area contributed by atoms with Gasteiger partial charge >= 0.3 is 0 Å². The van der Waals surface area contributed by atoms with Crippen LogP contribution in [0, 0.1) is 6.92 Å². The number of hydrogen-bond donors (Lipinski definition) is 2. The predicted molar refractivity (Wildman–Crippen MR) is 76.6 cm³/mol. The lowest BCUT2D eigenvalue weighted by Crippen LogP contribution is -2.45. The molecule has 1 aliphatic heterocycles. The molecule has 0 radical (unpaired) electrons. The zero-order chi connectivity index (χ0) is 14.0. The Morgan fingerprint density at radius 3 is 2.84 bits per heavy atom. The van der Waals surface area contributed by atoms with Crippen LogP contribution in [0.25, 0.3) is 0 Å². The van der Waals surface area contributed by atoms with Gasteiger partial charge < -0.3 is 10.2 Å². The number of carbonyl (C=O) groups excluding carboxylic acids is 2. The Morgan fingerprint density at radius 2 is 2.16 bits per heavy atom. The third-order valence-corrected chi connectivity index (χ3v) is 3.79. The number of nitrogens with one attached hydrogen (secondary N) is 1. The Bertz CT molecular complexity index is 516. The SMILES string of the molecule is CNC(=O)C1CCCN1C(=O)c1cc(S)ccc1C. The fourth-order valence-electron chi connectivity index (χ4n) is 2.44. The number of carbonyl (C=O) groups is 2. The van der Waals surface area contributed by atoms with E-state index in [0.29, 0.717) is 12.1 Å². The summed E-state index contributed by atoms with van der Waals surface area (Å²) < 4.78 is 0. The maximum absolute atomic E-state index is 12.6. The molecule has 1 fully saturated rings. The van der Waals surface area contributed by atoms with Gasteiger partial charge in [0.25, 0.3) is 5.91 Å². The molecule has 1 aromatic carbocycles. The van der Waals surface area contributed by atoms with Crippen LogP contribution in [0.4, 0.5) is 0 Å². The van der Waals surface area contributed by atoms with Crippen molar-refractivity contribution in [2.75, 3.05) is 13.6 Å². The van der Waals surface area contributed by atoms with E-state index >= 15 is 0 Å². The molecule has 1 N–H and O–H groups in total. The van der Waals surface area contributed by atoms with Crippen LogP contribution in [0.15, 0.2) is 23.1 Å². The van der Waals surface area contributed by atoms with E-state index < -0.39 is 0 Å². The lowest BCUT2D eigenvalue weighted by molar-refractivity contribution is -0.124. The van der Waals surface area contributed by atoms with Gasteiger partial charge in [-0.1, -0.05) is 6.07 Å². The van der Waals surface area contributed by atoms with E-state index in [9.17, 15) is 9.59 Å². The van der Waals surface area contributed by atoms with Gasteiger partial charge in [0.2, 0.25) is 5.91 Å². The van der Waals surface area contributed by atoms with Crippen molar-refractivity contribution in [3.8, 4) is 0 Å². The summed E-state index contributed by atoms with van der Waals surface area (Å²) in [5, 5.41) is 2.62. The van der Waals surface area contributed by atoms with Crippen LogP contribution in [0.1, 0.15) is 28.8 Å². The van der Waals surface area contributed by atoms with Gasteiger partial charge in [-0.05, 0) is 37.5 Å². The summed E-state index contributed by atoms with van der Waals surface area (Å²) in [7, 11) is 1.60.